The van der Waals surface area contributed by atoms with Crippen molar-refractivity contribution in [3.05, 3.63) is 35.9 Å². The van der Waals surface area contributed by atoms with Gasteiger partial charge in [0.15, 0.2) is 11.8 Å². The maximum atomic E-state index is 5.76. The van der Waals surface area contributed by atoms with Crippen molar-refractivity contribution in [3.8, 4) is 5.75 Å². The Bertz CT molecular complexity index is 774. The van der Waals surface area contributed by atoms with Crippen LogP contribution in [0.3, 0.4) is 0 Å². The lowest BCUT2D eigenvalue weighted by molar-refractivity contribution is 0.172. The normalized spacial score (nSPS) is 14.3. The van der Waals surface area contributed by atoms with E-state index in [1.54, 1.807) is 14.2 Å². The Morgan fingerprint density at radius 1 is 1.21 bits per heavy atom. The molecule has 0 spiro atoms. The Morgan fingerprint density at radius 2 is 2.14 bits per heavy atom. The molecule has 8 heteroatoms. The molecular weight excluding hydrogens is 356 g/mol. The molecule has 2 aromatic rings. The fourth-order valence-corrected chi connectivity index (χ4v) is 3.21. The van der Waals surface area contributed by atoms with E-state index in [2.05, 4.69) is 30.4 Å². The van der Waals surface area contributed by atoms with Crippen LogP contribution in [0.4, 0.5) is 5.69 Å². The molecular formula is C20H30N6O2. The number of fused-ring (bicyclic) bond motifs is 1. The number of anilines is 1. The molecule has 0 aliphatic carbocycles. The highest BCUT2D eigenvalue weighted by atomic mass is 16.5. The van der Waals surface area contributed by atoms with Crippen molar-refractivity contribution in [1.82, 2.24) is 20.1 Å². The molecule has 0 atom stereocenters. The molecule has 0 radical (unpaired) electrons. The second kappa shape index (κ2) is 10.7. The third-order valence-electron chi connectivity index (χ3n) is 4.68. The maximum Gasteiger partial charge on any atom is 0.195 e. The minimum atomic E-state index is 0.583. The fraction of sp³-hybridized carbons (Fsp3) is 0.550. The molecule has 1 aromatic heterocycles. The predicted molar refractivity (Wildman–Crippen MR) is 110 cm³/mol. The van der Waals surface area contributed by atoms with Crippen molar-refractivity contribution in [3.63, 3.8) is 0 Å². The van der Waals surface area contributed by atoms with Gasteiger partial charge in [0.25, 0.3) is 0 Å². The first-order chi connectivity index (χ1) is 13.8. The van der Waals surface area contributed by atoms with Gasteiger partial charge in [-0.3, -0.25) is 4.99 Å². The molecule has 0 fully saturated rings. The SMILES string of the molecule is CN=C(NCc1nnc2n1CCCCC2)Nc1cccc(OCCCOC)c1. The summed E-state index contributed by atoms with van der Waals surface area (Å²) < 4.78 is 13.0. The number of rotatable bonds is 8. The number of nitrogens with one attached hydrogen (secondary N) is 2. The number of hydrogen-bond acceptors (Lipinski definition) is 5. The molecule has 0 saturated carbocycles. The van der Waals surface area contributed by atoms with Gasteiger partial charge in [0.2, 0.25) is 0 Å². The van der Waals surface area contributed by atoms with Gasteiger partial charge < -0.3 is 24.7 Å². The van der Waals surface area contributed by atoms with E-state index in [1.807, 2.05) is 24.3 Å². The quantitative estimate of drug-likeness (QED) is 0.412. The van der Waals surface area contributed by atoms with Crippen molar-refractivity contribution < 1.29 is 9.47 Å². The van der Waals surface area contributed by atoms with Gasteiger partial charge in [-0.25, -0.2) is 0 Å². The molecule has 0 saturated heterocycles. The molecule has 1 aliphatic rings. The van der Waals surface area contributed by atoms with Crippen LogP contribution in [0.5, 0.6) is 5.75 Å². The molecule has 2 heterocycles. The minimum Gasteiger partial charge on any atom is -0.493 e. The van der Waals surface area contributed by atoms with Crippen molar-refractivity contribution >= 4 is 11.6 Å². The predicted octanol–water partition coefficient (Wildman–Crippen LogP) is 2.61. The van der Waals surface area contributed by atoms with Gasteiger partial charge in [0.1, 0.15) is 11.6 Å². The summed E-state index contributed by atoms with van der Waals surface area (Å²) in [7, 11) is 3.45. The number of methoxy groups -OCH3 is 1. The number of aliphatic imine (C=N–C) groups is 1. The summed E-state index contributed by atoms with van der Waals surface area (Å²) in [6.45, 7) is 2.90. The number of nitrogens with zero attached hydrogens (tertiary/aromatic N) is 4. The number of hydrogen-bond donors (Lipinski definition) is 2. The molecule has 1 aliphatic heterocycles. The van der Waals surface area contributed by atoms with Crippen LogP contribution in [0.25, 0.3) is 0 Å². The molecule has 0 amide bonds. The zero-order chi connectivity index (χ0) is 19.6. The Labute approximate surface area is 166 Å². The summed E-state index contributed by atoms with van der Waals surface area (Å²) in [4.78, 5) is 4.31. The minimum absolute atomic E-state index is 0.583. The van der Waals surface area contributed by atoms with Gasteiger partial charge in [0, 0.05) is 51.9 Å². The van der Waals surface area contributed by atoms with Crippen molar-refractivity contribution in [2.45, 2.75) is 45.2 Å². The summed E-state index contributed by atoms with van der Waals surface area (Å²) in [6.07, 6.45) is 5.50. The third kappa shape index (κ3) is 5.69. The van der Waals surface area contributed by atoms with Gasteiger partial charge in [-0.2, -0.15) is 0 Å². The smallest absolute Gasteiger partial charge is 0.195 e. The summed E-state index contributed by atoms with van der Waals surface area (Å²) in [5.41, 5.74) is 0.914. The first-order valence-corrected chi connectivity index (χ1v) is 9.90. The fourth-order valence-electron chi connectivity index (χ4n) is 3.21. The second-order valence-corrected chi connectivity index (χ2v) is 6.77. The average Bonchev–Trinajstić information content (AvgIpc) is 2.94. The summed E-state index contributed by atoms with van der Waals surface area (Å²) >= 11 is 0. The molecule has 152 valence electrons. The zero-order valence-corrected chi connectivity index (χ0v) is 16.8. The first kappa shape index (κ1) is 20.1. The van der Waals surface area contributed by atoms with E-state index in [4.69, 9.17) is 9.47 Å². The van der Waals surface area contributed by atoms with Crippen LogP contribution in [0.2, 0.25) is 0 Å². The first-order valence-electron chi connectivity index (χ1n) is 9.90. The number of ether oxygens (including phenoxy) is 2. The van der Waals surface area contributed by atoms with Gasteiger partial charge >= 0.3 is 0 Å². The van der Waals surface area contributed by atoms with E-state index in [0.29, 0.717) is 25.7 Å². The van der Waals surface area contributed by atoms with Gasteiger partial charge in [-0.1, -0.05) is 12.5 Å². The van der Waals surface area contributed by atoms with E-state index < -0.39 is 0 Å². The number of aryl methyl sites for hydroxylation is 1. The van der Waals surface area contributed by atoms with Crippen LogP contribution >= 0.6 is 0 Å². The molecule has 8 nitrogen and oxygen atoms in total. The second-order valence-electron chi connectivity index (χ2n) is 6.77. The van der Waals surface area contributed by atoms with Crippen LogP contribution in [0, 0.1) is 0 Å². The lowest BCUT2D eigenvalue weighted by atomic mass is 10.2. The molecule has 2 N–H and O–H groups in total. The van der Waals surface area contributed by atoms with Crippen LogP contribution < -0.4 is 15.4 Å². The summed E-state index contributed by atoms with van der Waals surface area (Å²) in [5, 5.41) is 15.3. The molecule has 3 rings (SSSR count). The van der Waals surface area contributed by atoms with E-state index in [1.165, 1.54) is 19.3 Å². The number of guanidine groups is 1. The van der Waals surface area contributed by atoms with Crippen LogP contribution in [-0.4, -0.2) is 48.1 Å². The highest BCUT2D eigenvalue weighted by Crippen LogP contribution is 2.18. The highest BCUT2D eigenvalue weighted by molar-refractivity contribution is 5.93. The van der Waals surface area contributed by atoms with E-state index in [-0.39, 0.29) is 0 Å². The van der Waals surface area contributed by atoms with E-state index >= 15 is 0 Å². The van der Waals surface area contributed by atoms with Crippen LogP contribution in [-0.2, 0) is 24.2 Å². The largest absolute Gasteiger partial charge is 0.493 e. The standard InChI is InChI=1S/C20H30N6O2/c1-21-20(22-15-19-25-24-18-10-4-3-5-11-26(18)19)23-16-8-6-9-17(14-16)28-13-7-12-27-2/h6,8-9,14H,3-5,7,10-13,15H2,1-2H3,(H2,21,22,23). The van der Waals surface area contributed by atoms with Gasteiger partial charge in [0.05, 0.1) is 13.2 Å². The lowest BCUT2D eigenvalue weighted by Crippen LogP contribution is -2.31. The average molecular weight is 387 g/mol. The molecule has 0 bridgehead atoms. The molecule has 28 heavy (non-hydrogen) atoms. The van der Waals surface area contributed by atoms with E-state index in [0.717, 1.165) is 42.5 Å². The Morgan fingerprint density at radius 3 is 3.00 bits per heavy atom. The van der Waals surface area contributed by atoms with Crippen molar-refractivity contribution in [1.29, 1.82) is 0 Å². The Balaban J connectivity index is 1.54. The van der Waals surface area contributed by atoms with E-state index in [9.17, 15) is 0 Å². The van der Waals surface area contributed by atoms with Gasteiger partial charge in [-0.15, -0.1) is 10.2 Å². The lowest BCUT2D eigenvalue weighted by Gasteiger charge is -2.13. The van der Waals surface area contributed by atoms with Crippen molar-refractivity contribution in [2.75, 3.05) is 32.7 Å². The molecule has 0 unspecified atom stereocenters. The highest BCUT2D eigenvalue weighted by Gasteiger charge is 2.14. The summed E-state index contributed by atoms with van der Waals surface area (Å²) in [5.74, 6) is 3.55. The summed E-state index contributed by atoms with van der Waals surface area (Å²) in [6, 6.07) is 7.85. The third-order valence-corrected chi connectivity index (χ3v) is 4.68. The Hall–Kier alpha value is -2.61. The Kier molecular flexibility index (Phi) is 7.66. The van der Waals surface area contributed by atoms with Gasteiger partial charge in [-0.05, 0) is 25.0 Å². The topological polar surface area (TPSA) is 85.6 Å². The number of aromatic nitrogens is 3. The van der Waals surface area contributed by atoms with Crippen molar-refractivity contribution in [2.24, 2.45) is 4.99 Å². The van der Waals surface area contributed by atoms with Crippen LogP contribution in [0.15, 0.2) is 29.3 Å². The zero-order valence-electron chi connectivity index (χ0n) is 16.8. The monoisotopic (exact) mass is 386 g/mol. The number of benzene rings is 1. The van der Waals surface area contributed by atoms with Crippen LogP contribution in [0.1, 0.15) is 37.3 Å². The molecule has 1 aromatic carbocycles. The maximum absolute atomic E-state index is 5.76.